The molecule has 2 aliphatic heterocycles. The van der Waals surface area contributed by atoms with E-state index in [1.165, 1.54) is 40.3 Å². The van der Waals surface area contributed by atoms with Gasteiger partial charge in [-0.1, -0.05) is 30.3 Å². The van der Waals surface area contributed by atoms with Crippen LogP contribution in [-0.2, 0) is 20.9 Å². The number of ether oxygens (including phenoxy) is 1. The quantitative estimate of drug-likeness (QED) is 0.0665. The molecule has 4 fully saturated rings. The lowest BCUT2D eigenvalue weighted by molar-refractivity contribution is -0.143. The van der Waals surface area contributed by atoms with Crippen LogP contribution in [0.5, 0.6) is 5.75 Å². The summed E-state index contributed by atoms with van der Waals surface area (Å²) in [6, 6.07) is 7.64. The van der Waals surface area contributed by atoms with Crippen molar-refractivity contribution in [1.29, 1.82) is 0 Å². The smallest absolute Gasteiger partial charge is 0.258 e. The van der Waals surface area contributed by atoms with Crippen LogP contribution in [0.3, 0.4) is 0 Å². The van der Waals surface area contributed by atoms with Gasteiger partial charge in [0.2, 0.25) is 17.8 Å². The molecule has 4 aromatic rings. The van der Waals surface area contributed by atoms with E-state index in [1.54, 1.807) is 50.0 Å². The number of aryl methyl sites for hydroxylation is 1. The Morgan fingerprint density at radius 2 is 1.81 bits per heavy atom. The summed E-state index contributed by atoms with van der Waals surface area (Å²) in [5.74, 6) is -0.790. The molecule has 0 radical (unpaired) electrons. The van der Waals surface area contributed by atoms with Gasteiger partial charge in [-0.2, -0.15) is 4.98 Å². The molecule has 386 valence electrons. The zero-order valence-corrected chi connectivity index (χ0v) is 43.6. The van der Waals surface area contributed by atoms with Crippen LogP contribution in [0.25, 0.3) is 10.4 Å². The average Bonchev–Trinajstić information content (AvgIpc) is 3.77. The summed E-state index contributed by atoms with van der Waals surface area (Å²) in [6.45, 7) is 13.2. The number of carbonyl (C=O) groups excluding carboxylic acids is 4. The van der Waals surface area contributed by atoms with Gasteiger partial charge in [-0.05, 0) is 106 Å². The molecular formula is C51H63ClF2N10O6S2. The van der Waals surface area contributed by atoms with Gasteiger partial charge in [-0.3, -0.25) is 24.1 Å². The molecular weight excluding hydrogens is 986 g/mol. The minimum Gasteiger partial charge on any atom is -0.495 e. The monoisotopic (exact) mass is 1050 g/mol. The van der Waals surface area contributed by atoms with Gasteiger partial charge in [-0.15, -0.1) is 23.1 Å². The number of likely N-dealkylation sites (tertiary alicyclic amines) is 1. The molecule has 2 saturated carbocycles. The largest absolute Gasteiger partial charge is 0.495 e. The highest BCUT2D eigenvalue weighted by Gasteiger charge is 2.54. The van der Waals surface area contributed by atoms with Crippen molar-refractivity contribution < 1.29 is 37.8 Å². The van der Waals surface area contributed by atoms with Crippen molar-refractivity contribution in [2.75, 3.05) is 64.1 Å². The Balaban J connectivity index is 0.830. The number of piperazine rings is 1. The number of thioether (sulfide) groups is 1. The lowest BCUT2D eigenvalue weighted by Crippen LogP contribution is -2.61. The third-order valence-electron chi connectivity index (χ3n) is 14.2. The van der Waals surface area contributed by atoms with Crippen LogP contribution in [0.4, 0.5) is 26.2 Å². The summed E-state index contributed by atoms with van der Waals surface area (Å²) in [6.07, 6.45) is 4.21. The van der Waals surface area contributed by atoms with Crippen molar-refractivity contribution in [2.45, 2.75) is 101 Å². The lowest BCUT2D eigenvalue weighted by Gasteiger charge is -2.40. The maximum atomic E-state index is 15.3. The molecule has 8 rings (SSSR count). The first-order valence-corrected chi connectivity index (χ1v) is 26.4. The van der Waals surface area contributed by atoms with Gasteiger partial charge < -0.3 is 40.9 Å². The van der Waals surface area contributed by atoms with Gasteiger partial charge in [-0.25, -0.2) is 18.7 Å². The highest BCUT2D eigenvalue weighted by atomic mass is 35.5. The number of allylic oxidation sites excluding steroid dienone is 1. The fourth-order valence-corrected chi connectivity index (χ4v) is 12.1. The Hall–Kier alpha value is -5.41. The van der Waals surface area contributed by atoms with Crippen molar-refractivity contribution in [2.24, 2.45) is 11.8 Å². The van der Waals surface area contributed by atoms with Gasteiger partial charge in [0.25, 0.3) is 11.8 Å². The molecule has 4 amide bonds. The second-order valence-electron chi connectivity index (χ2n) is 19.7. The van der Waals surface area contributed by atoms with E-state index >= 15 is 8.78 Å². The van der Waals surface area contributed by atoms with Crippen LogP contribution in [0.15, 0.2) is 59.6 Å². The number of aliphatic hydroxyl groups excluding tert-OH is 1. The molecule has 2 saturated heterocycles. The number of alkyl halides is 1. The molecule has 4 aliphatic rings. The Morgan fingerprint density at radius 1 is 1.07 bits per heavy atom. The first-order valence-electron chi connectivity index (χ1n) is 24.4. The third-order valence-corrected chi connectivity index (χ3v) is 16.9. The third kappa shape index (κ3) is 12.2. The van der Waals surface area contributed by atoms with Crippen molar-refractivity contribution in [3.8, 4) is 16.2 Å². The van der Waals surface area contributed by atoms with Crippen molar-refractivity contribution in [3.05, 3.63) is 87.3 Å². The van der Waals surface area contributed by atoms with Crippen LogP contribution in [0.2, 0.25) is 5.02 Å². The first-order chi connectivity index (χ1) is 34.4. The normalized spacial score (nSPS) is 21.4. The molecule has 0 bridgehead atoms. The summed E-state index contributed by atoms with van der Waals surface area (Å²) in [5.41, 5.74) is 2.45. The lowest BCUT2D eigenvalue weighted by atomic mass is 9.81. The molecule has 72 heavy (non-hydrogen) atoms. The fourth-order valence-electron chi connectivity index (χ4n) is 9.79. The number of nitrogens with one attached hydrogen (secondary N) is 4. The second-order valence-corrected chi connectivity index (χ2v) is 22.8. The van der Waals surface area contributed by atoms with E-state index in [9.17, 15) is 24.3 Å². The van der Waals surface area contributed by atoms with Crippen molar-refractivity contribution in [1.82, 2.24) is 40.3 Å². The minimum absolute atomic E-state index is 0.0519. The molecule has 1 unspecified atom stereocenters. The molecule has 2 aromatic carbocycles. The highest BCUT2D eigenvalue weighted by Crippen LogP contribution is 2.45. The van der Waals surface area contributed by atoms with Gasteiger partial charge >= 0.3 is 0 Å². The number of benzene rings is 2. The number of aromatic nitrogens is 3. The number of hydrogen-bond donors (Lipinski definition) is 5. The van der Waals surface area contributed by atoms with Crippen LogP contribution in [0, 0.1) is 24.6 Å². The Kier molecular flexibility index (Phi) is 16.4. The van der Waals surface area contributed by atoms with E-state index in [4.69, 9.17) is 16.3 Å². The molecule has 3 atom stereocenters. The standard InChI is InChI=1S/C51H63ClF2N10O6S2/c1-29-42(71-28-58-29)33-11-12-35(38(53)21-33)24-56-45(66)40-23-36(65)27-64(40)47(68)43(60-48(69)51(54)15-16-51)50(3,4)72-30(2)32-9-7-31(8-10-32)26-62-17-19-63(20-18-62)46(67)34-13-14-39(41(22-34)70-6)59-49-57-25-37(52)44(55-5)61-49/h11-14,21-22,25,28,31-32,36,40,43,65H,2,7-10,15-20,23-24,26-27H2,1,3-6H3,(H,56,66)(H,60,69)(H2,55,57,59,61)/t31?,32?,36-,40?,43-/m1/s1. The van der Waals surface area contributed by atoms with E-state index in [1.807, 2.05) is 25.7 Å². The molecule has 2 aromatic heterocycles. The van der Waals surface area contributed by atoms with Crippen molar-refractivity contribution >= 4 is 75.8 Å². The number of amides is 4. The maximum Gasteiger partial charge on any atom is 0.258 e. The van der Waals surface area contributed by atoms with E-state index in [0.29, 0.717) is 58.4 Å². The number of rotatable bonds is 18. The number of methoxy groups -OCH3 is 1. The predicted molar refractivity (Wildman–Crippen MR) is 277 cm³/mol. The molecule has 21 heteroatoms. The predicted octanol–water partition coefficient (Wildman–Crippen LogP) is 7.35. The van der Waals surface area contributed by atoms with E-state index in [2.05, 4.69) is 47.7 Å². The zero-order chi connectivity index (χ0) is 51.5. The van der Waals surface area contributed by atoms with Crippen LogP contribution < -0.4 is 26.0 Å². The summed E-state index contributed by atoms with van der Waals surface area (Å²) < 4.78 is 35.1. The van der Waals surface area contributed by atoms with Crippen LogP contribution in [0.1, 0.15) is 80.4 Å². The number of carbonyl (C=O) groups is 4. The van der Waals surface area contributed by atoms with Gasteiger partial charge in [0.1, 0.15) is 34.5 Å². The van der Waals surface area contributed by atoms with Gasteiger partial charge in [0, 0.05) is 75.2 Å². The van der Waals surface area contributed by atoms with Crippen LogP contribution in [-0.4, -0.2) is 140 Å². The number of aliphatic hydroxyl groups is 1. The van der Waals surface area contributed by atoms with E-state index in [0.717, 1.165) is 60.8 Å². The number of halogens is 3. The van der Waals surface area contributed by atoms with Crippen LogP contribution >= 0.6 is 34.7 Å². The van der Waals surface area contributed by atoms with Gasteiger partial charge in [0.05, 0.1) is 41.2 Å². The van der Waals surface area contributed by atoms with E-state index < -0.39 is 52.1 Å². The molecule has 4 heterocycles. The molecule has 0 spiro atoms. The topological polar surface area (TPSA) is 194 Å². The number of anilines is 3. The Bertz CT molecular complexity index is 2670. The first kappa shape index (κ1) is 52.9. The average molecular weight is 1050 g/mol. The fraction of sp³-hybridized carbons (Fsp3) is 0.510. The minimum atomic E-state index is -2.07. The Labute approximate surface area is 432 Å². The summed E-state index contributed by atoms with van der Waals surface area (Å²) in [4.78, 5) is 75.4. The maximum absolute atomic E-state index is 15.3. The SMILES string of the molecule is C=C(SC(C)(C)[C@H](NC(=O)C1(F)CC1)C(=O)N1C[C@H](O)CC1C(=O)NCc1ccc(-c2scnc2C)cc1F)C1CCC(CN2CCN(C(=O)c3ccc(Nc4ncc(Cl)c(NC)n4)c(OC)c3)CC2)CC1. The number of thiazole rings is 1. The van der Waals surface area contributed by atoms with Crippen molar-refractivity contribution in [3.63, 3.8) is 0 Å². The van der Waals surface area contributed by atoms with E-state index in [-0.39, 0.29) is 49.7 Å². The molecule has 2 aliphatic carbocycles. The summed E-state index contributed by atoms with van der Waals surface area (Å²) >= 11 is 8.92. The summed E-state index contributed by atoms with van der Waals surface area (Å²) in [7, 11) is 3.26. The van der Waals surface area contributed by atoms with Gasteiger partial charge in [0.15, 0.2) is 5.67 Å². The zero-order valence-electron chi connectivity index (χ0n) is 41.2. The molecule has 16 nitrogen and oxygen atoms in total. The number of β-amino-alcohol motifs (C(OH)–C–C–N with tert-alkyl or cyclic N) is 1. The second kappa shape index (κ2) is 22.4. The number of hydrogen-bond acceptors (Lipinski definition) is 14. The highest BCUT2D eigenvalue weighted by molar-refractivity contribution is 8.04. The molecule has 5 N–H and O–H groups in total. The Morgan fingerprint density at radius 3 is 2.46 bits per heavy atom. The summed E-state index contributed by atoms with van der Waals surface area (Å²) in [5, 5.41) is 22.7. The number of nitrogens with zero attached hydrogens (tertiary/aromatic N) is 6.